The van der Waals surface area contributed by atoms with E-state index in [0.717, 1.165) is 19.0 Å². The zero-order valence-electron chi connectivity index (χ0n) is 6.53. The van der Waals surface area contributed by atoms with Crippen molar-refractivity contribution in [3.63, 3.8) is 0 Å². The third-order valence-electron chi connectivity index (χ3n) is 2.19. The second-order valence-electron chi connectivity index (χ2n) is 3.12. The molecular formula is C8H13N3. The SMILES string of the molecule is c1cn(CC2CCNC2)cn1. The molecule has 3 nitrogen and oxygen atoms in total. The number of nitrogens with zero attached hydrogens (tertiary/aromatic N) is 2. The largest absolute Gasteiger partial charge is 0.337 e. The van der Waals surface area contributed by atoms with Gasteiger partial charge in [0.2, 0.25) is 0 Å². The zero-order valence-corrected chi connectivity index (χ0v) is 6.53. The summed E-state index contributed by atoms with van der Waals surface area (Å²) in [6, 6.07) is 0. The Hall–Kier alpha value is -0.830. The van der Waals surface area contributed by atoms with Gasteiger partial charge in [0.05, 0.1) is 6.33 Å². The van der Waals surface area contributed by atoms with E-state index in [4.69, 9.17) is 0 Å². The van der Waals surface area contributed by atoms with Crippen LogP contribution >= 0.6 is 0 Å². The minimum atomic E-state index is 0.809. The molecular weight excluding hydrogens is 138 g/mol. The average molecular weight is 151 g/mol. The lowest BCUT2D eigenvalue weighted by Gasteiger charge is -2.07. The average Bonchev–Trinajstić information content (AvgIpc) is 2.60. The zero-order chi connectivity index (χ0) is 7.52. The summed E-state index contributed by atoms with van der Waals surface area (Å²) < 4.78 is 2.15. The molecule has 1 aromatic rings. The number of nitrogens with one attached hydrogen (secondary N) is 1. The van der Waals surface area contributed by atoms with E-state index in [1.165, 1.54) is 13.0 Å². The Bertz CT molecular complexity index is 199. The van der Waals surface area contributed by atoms with Gasteiger partial charge >= 0.3 is 0 Å². The first kappa shape index (κ1) is 6.85. The first-order valence-corrected chi connectivity index (χ1v) is 4.11. The summed E-state index contributed by atoms with van der Waals surface area (Å²) in [6.07, 6.45) is 7.05. The first-order chi connectivity index (χ1) is 5.45. The molecule has 0 spiro atoms. The molecule has 0 aliphatic carbocycles. The minimum Gasteiger partial charge on any atom is -0.337 e. The number of hydrogen-bond donors (Lipinski definition) is 1. The summed E-state index contributed by atoms with van der Waals surface area (Å²) in [5, 5.41) is 3.35. The molecule has 11 heavy (non-hydrogen) atoms. The van der Waals surface area contributed by atoms with E-state index in [1.807, 2.05) is 18.7 Å². The maximum atomic E-state index is 4.01. The second-order valence-corrected chi connectivity index (χ2v) is 3.12. The van der Waals surface area contributed by atoms with Crippen LogP contribution in [0.1, 0.15) is 6.42 Å². The van der Waals surface area contributed by atoms with E-state index in [2.05, 4.69) is 14.9 Å². The van der Waals surface area contributed by atoms with Crippen LogP contribution in [0.25, 0.3) is 0 Å². The van der Waals surface area contributed by atoms with Crippen molar-refractivity contribution in [2.24, 2.45) is 5.92 Å². The lowest BCUT2D eigenvalue weighted by Crippen LogP contribution is -2.13. The lowest BCUT2D eigenvalue weighted by atomic mass is 10.1. The van der Waals surface area contributed by atoms with Gasteiger partial charge in [0, 0.05) is 18.9 Å². The summed E-state index contributed by atoms with van der Waals surface area (Å²) in [6.45, 7) is 3.46. The minimum absolute atomic E-state index is 0.809. The molecule has 60 valence electrons. The fourth-order valence-electron chi connectivity index (χ4n) is 1.56. The highest BCUT2D eigenvalue weighted by Crippen LogP contribution is 2.09. The molecule has 1 atom stereocenters. The summed E-state index contributed by atoms with van der Waals surface area (Å²) in [5.41, 5.74) is 0. The number of hydrogen-bond acceptors (Lipinski definition) is 2. The van der Waals surface area contributed by atoms with E-state index < -0.39 is 0 Å². The Balaban J connectivity index is 1.90. The van der Waals surface area contributed by atoms with Crippen LogP contribution < -0.4 is 5.32 Å². The Morgan fingerprint density at radius 1 is 1.64 bits per heavy atom. The molecule has 0 radical (unpaired) electrons. The van der Waals surface area contributed by atoms with Gasteiger partial charge in [0.15, 0.2) is 0 Å². The van der Waals surface area contributed by atoms with Gasteiger partial charge in [-0.25, -0.2) is 4.98 Å². The molecule has 1 N–H and O–H groups in total. The monoisotopic (exact) mass is 151 g/mol. The van der Waals surface area contributed by atoms with Gasteiger partial charge in [-0.05, 0) is 25.4 Å². The molecule has 0 bridgehead atoms. The Kier molecular flexibility index (Phi) is 1.90. The molecule has 1 fully saturated rings. The highest BCUT2D eigenvalue weighted by molar-refractivity contribution is 4.78. The van der Waals surface area contributed by atoms with Gasteiger partial charge in [0.25, 0.3) is 0 Å². The summed E-state index contributed by atoms with van der Waals surface area (Å²) in [5.74, 6) is 0.809. The molecule has 1 saturated heterocycles. The van der Waals surface area contributed by atoms with E-state index in [9.17, 15) is 0 Å². The van der Waals surface area contributed by atoms with Crippen molar-refractivity contribution in [1.82, 2.24) is 14.9 Å². The molecule has 2 rings (SSSR count). The molecule has 3 heteroatoms. The number of imidazole rings is 1. The summed E-state index contributed by atoms with van der Waals surface area (Å²) in [7, 11) is 0. The van der Waals surface area contributed by atoms with Crippen molar-refractivity contribution >= 4 is 0 Å². The number of aromatic nitrogens is 2. The Morgan fingerprint density at radius 2 is 2.64 bits per heavy atom. The van der Waals surface area contributed by atoms with Gasteiger partial charge in [-0.2, -0.15) is 0 Å². The highest BCUT2D eigenvalue weighted by Gasteiger charge is 2.13. The molecule has 1 aliphatic rings. The summed E-state index contributed by atoms with van der Waals surface area (Å²) >= 11 is 0. The fourth-order valence-corrected chi connectivity index (χ4v) is 1.56. The Morgan fingerprint density at radius 3 is 3.27 bits per heavy atom. The van der Waals surface area contributed by atoms with Crippen molar-refractivity contribution in [2.45, 2.75) is 13.0 Å². The summed E-state index contributed by atoms with van der Waals surface area (Å²) in [4.78, 5) is 4.01. The second kappa shape index (κ2) is 3.05. The third kappa shape index (κ3) is 1.60. The van der Waals surface area contributed by atoms with Crippen molar-refractivity contribution in [3.05, 3.63) is 18.7 Å². The molecule has 0 amide bonds. The van der Waals surface area contributed by atoms with Gasteiger partial charge in [-0.3, -0.25) is 0 Å². The first-order valence-electron chi connectivity index (χ1n) is 4.11. The van der Waals surface area contributed by atoms with Crippen LogP contribution in [-0.2, 0) is 6.54 Å². The van der Waals surface area contributed by atoms with Crippen LogP contribution in [-0.4, -0.2) is 22.6 Å². The van der Waals surface area contributed by atoms with Gasteiger partial charge in [0.1, 0.15) is 0 Å². The molecule has 2 heterocycles. The van der Waals surface area contributed by atoms with Crippen molar-refractivity contribution in [1.29, 1.82) is 0 Å². The van der Waals surface area contributed by atoms with Crippen molar-refractivity contribution in [2.75, 3.05) is 13.1 Å². The maximum Gasteiger partial charge on any atom is 0.0946 e. The van der Waals surface area contributed by atoms with Crippen LogP contribution in [0.3, 0.4) is 0 Å². The van der Waals surface area contributed by atoms with Crippen molar-refractivity contribution in [3.8, 4) is 0 Å². The quantitative estimate of drug-likeness (QED) is 0.666. The highest BCUT2D eigenvalue weighted by atomic mass is 15.0. The van der Waals surface area contributed by atoms with Crippen molar-refractivity contribution < 1.29 is 0 Å². The van der Waals surface area contributed by atoms with E-state index in [0.29, 0.717) is 0 Å². The molecule has 1 unspecified atom stereocenters. The van der Waals surface area contributed by atoms with Crippen LogP contribution in [0.5, 0.6) is 0 Å². The molecule has 0 saturated carbocycles. The van der Waals surface area contributed by atoms with Crippen LogP contribution in [0, 0.1) is 5.92 Å². The lowest BCUT2D eigenvalue weighted by molar-refractivity contribution is 0.481. The van der Waals surface area contributed by atoms with Crippen LogP contribution in [0.15, 0.2) is 18.7 Å². The van der Waals surface area contributed by atoms with Gasteiger partial charge in [-0.1, -0.05) is 0 Å². The van der Waals surface area contributed by atoms with Crippen LogP contribution in [0.2, 0.25) is 0 Å². The predicted molar refractivity (Wildman–Crippen MR) is 43.2 cm³/mol. The van der Waals surface area contributed by atoms with E-state index >= 15 is 0 Å². The van der Waals surface area contributed by atoms with E-state index in [1.54, 1.807) is 0 Å². The molecule has 1 aromatic heterocycles. The van der Waals surface area contributed by atoms with Gasteiger partial charge < -0.3 is 9.88 Å². The van der Waals surface area contributed by atoms with Gasteiger partial charge in [-0.15, -0.1) is 0 Å². The number of rotatable bonds is 2. The third-order valence-corrected chi connectivity index (χ3v) is 2.19. The van der Waals surface area contributed by atoms with E-state index in [-0.39, 0.29) is 0 Å². The maximum absolute atomic E-state index is 4.01. The molecule has 0 aromatic carbocycles. The van der Waals surface area contributed by atoms with Crippen LogP contribution in [0.4, 0.5) is 0 Å². The smallest absolute Gasteiger partial charge is 0.0946 e. The fraction of sp³-hybridized carbons (Fsp3) is 0.625. The molecule has 1 aliphatic heterocycles. The Labute approximate surface area is 66.4 Å². The predicted octanol–water partition coefficient (Wildman–Crippen LogP) is 0.493. The standard InChI is InChI=1S/C8H13N3/c1-2-9-5-8(1)6-11-4-3-10-7-11/h3-4,7-9H,1-2,5-6H2. The normalized spacial score (nSPS) is 24.2. The topological polar surface area (TPSA) is 29.9 Å².